The van der Waals surface area contributed by atoms with E-state index in [1.165, 1.54) is 12.3 Å². The van der Waals surface area contributed by atoms with Crippen LogP contribution in [-0.2, 0) is 17.1 Å². The largest absolute Gasteiger partial charge is 0.416 e. The van der Waals surface area contributed by atoms with Crippen LogP contribution in [0.15, 0.2) is 30.6 Å². The SMILES string of the molecule is O=C(C=Cn1cnc(-c2cc(C(F)(F)F)cc(C(F)(F)F)c2)n1)NC1C2CNCC21. The zero-order valence-electron chi connectivity index (χ0n) is 15.1. The second kappa shape index (κ2) is 7.11. The van der Waals surface area contributed by atoms with Gasteiger partial charge in [-0.15, -0.1) is 5.10 Å². The van der Waals surface area contributed by atoms with E-state index >= 15 is 0 Å². The molecule has 12 heteroatoms. The molecule has 1 saturated heterocycles. The van der Waals surface area contributed by atoms with Crippen LogP contribution in [0.5, 0.6) is 0 Å². The maximum atomic E-state index is 13.0. The normalized spacial score (nSPS) is 23.6. The van der Waals surface area contributed by atoms with Gasteiger partial charge in [-0.2, -0.15) is 26.3 Å². The van der Waals surface area contributed by atoms with Gasteiger partial charge >= 0.3 is 12.4 Å². The van der Waals surface area contributed by atoms with E-state index in [1.54, 1.807) is 0 Å². The van der Waals surface area contributed by atoms with Crippen molar-refractivity contribution in [3.63, 3.8) is 0 Å². The van der Waals surface area contributed by atoms with Crippen LogP contribution in [0.2, 0.25) is 0 Å². The fraction of sp³-hybridized carbons (Fsp3) is 0.389. The summed E-state index contributed by atoms with van der Waals surface area (Å²) in [5.74, 6) is 0.137. The lowest BCUT2D eigenvalue weighted by Gasteiger charge is -2.13. The van der Waals surface area contributed by atoms with E-state index in [-0.39, 0.29) is 23.8 Å². The molecule has 0 radical (unpaired) electrons. The topological polar surface area (TPSA) is 71.8 Å². The molecule has 4 rings (SSSR count). The number of amides is 1. The van der Waals surface area contributed by atoms with E-state index < -0.39 is 29.0 Å². The number of halogens is 6. The Bertz CT molecular complexity index is 953. The van der Waals surface area contributed by atoms with Crippen LogP contribution < -0.4 is 10.6 Å². The molecular weight excluding hydrogens is 416 g/mol. The first kappa shape index (κ1) is 20.4. The van der Waals surface area contributed by atoms with Gasteiger partial charge in [-0.05, 0) is 30.0 Å². The van der Waals surface area contributed by atoms with Crippen molar-refractivity contribution in [2.45, 2.75) is 18.4 Å². The number of benzene rings is 1. The van der Waals surface area contributed by atoms with Crippen molar-refractivity contribution in [3.05, 3.63) is 41.7 Å². The zero-order chi connectivity index (χ0) is 21.7. The summed E-state index contributed by atoms with van der Waals surface area (Å²) in [5, 5.41) is 9.88. The van der Waals surface area contributed by atoms with E-state index in [9.17, 15) is 31.1 Å². The lowest BCUT2D eigenvalue weighted by atomic mass is 10.0. The van der Waals surface area contributed by atoms with Crippen molar-refractivity contribution >= 4 is 12.1 Å². The number of rotatable bonds is 4. The van der Waals surface area contributed by atoms with Crippen molar-refractivity contribution in [3.8, 4) is 11.4 Å². The average molecular weight is 431 g/mol. The molecule has 1 saturated carbocycles. The third kappa shape index (κ3) is 4.18. The average Bonchev–Trinajstić information content (AvgIpc) is 3.08. The third-order valence-electron chi connectivity index (χ3n) is 5.13. The van der Waals surface area contributed by atoms with Gasteiger partial charge in [-0.3, -0.25) is 4.79 Å². The van der Waals surface area contributed by atoms with Gasteiger partial charge in [-0.25, -0.2) is 9.67 Å². The lowest BCUT2D eigenvalue weighted by molar-refractivity contribution is -0.143. The predicted octanol–water partition coefficient (Wildman–Crippen LogP) is 2.79. The lowest BCUT2D eigenvalue weighted by Crippen LogP contribution is -2.31. The Kier molecular flexibility index (Phi) is 4.83. The number of carbonyl (C=O) groups is 1. The van der Waals surface area contributed by atoms with Gasteiger partial charge in [0.25, 0.3) is 0 Å². The van der Waals surface area contributed by atoms with Crippen molar-refractivity contribution in [1.29, 1.82) is 0 Å². The molecule has 2 heterocycles. The molecule has 0 bridgehead atoms. The summed E-state index contributed by atoms with van der Waals surface area (Å²) in [4.78, 5) is 15.7. The molecule has 1 aliphatic heterocycles. The predicted molar refractivity (Wildman–Crippen MR) is 92.6 cm³/mol. The number of hydrogen-bond acceptors (Lipinski definition) is 4. The number of nitrogens with zero attached hydrogens (tertiary/aromatic N) is 3. The van der Waals surface area contributed by atoms with Crippen molar-refractivity contribution < 1.29 is 31.1 Å². The number of carbonyl (C=O) groups excluding carboxylic acids is 1. The van der Waals surface area contributed by atoms with Crippen LogP contribution in [0.25, 0.3) is 17.6 Å². The summed E-state index contributed by atoms with van der Waals surface area (Å²) in [6.45, 7) is 1.70. The Morgan fingerprint density at radius 3 is 2.23 bits per heavy atom. The van der Waals surface area contributed by atoms with E-state index in [4.69, 9.17) is 0 Å². The van der Waals surface area contributed by atoms with Gasteiger partial charge < -0.3 is 10.6 Å². The van der Waals surface area contributed by atoms with Crippen LogP contribution in [0.1, 0.15) is 11.1 Å². The van der Waals surface area contributed by atoms with E-state index in [2.05, 4.69) is 20.7 Å². The second-order valence-corrected chi connectivity index (χ2v) is 7.18. The Labute approximate surface area is 166 Å². The second-order valence-electron chi connectivity index (χ2n) is 7.18. The van der Waals surface area contributed by atoms with Gasteiger partial charge in [0.15, 0.2) is 5.82 Å². The fourth-order valence-electron chi connectivity index (χ4n) is 3.55. The van der Waals surface area contributed by atoms with Gasteiger partial charge in [0.05, 0.1) is 11.1 Å². The molecule has 2 N–H and O–H groups in total. The molecule has 30 heavy (non-hydrogen) atoms. The van der Waals surface area contributed by atoms with Crippen molar-refractivity contribution in [2.24, 2.45) is 11.8 Å². The summed E-state index contributed by atoms with van der Waals surface area (Å²) in [6, 6.07) is 1.24. The maximum absolute atomic E-state index is 13.0. The Morgan fingerprint density at radius 2 is 1.67 bits per heavy atom. The molecule has 1 amide bonds. The van der Waals surface area contributed by atoms with Crippen LogP contribution in [-0.4, -0.2) is 39.8 Å². The van der Waals surface area contributed by atoms with Gasteiger partial charge in [0, 0.05) is 37.0 Å². The van der Waals surface area contributed by atoms with Gasteiger partial charge in [-0.1, -0.05) is 0 Å². The number of aromatic nitrogens is 3. The van der Waals surface area contributed by atoms with E-state index in [0.717, 1.165) is 24.1 Å². The molecule has 1 aliphatic carbocycles. The number of nitrogens with one attached hydrogen (secondary N) is 2. The van der Waals surface area contributed by atoms with E-state index in [1.807, 2.05) is 0 Å². The summed E-state index contributed by atoms with van der Waals surface area (Å²) in [5.41, 5.74) is -3.35. The standard InChI is InChI=1S/C18H15F6N5O/c19-17(20,21)10-3-9(4-11(5-10)18(22,23)24)16-26-8-29(28-16)2-1-14(30)27-15-12-6-25-7-13(12)15/h1-5,8,12-13,15,25H,6-7H2,(H,27,30). The zero-order valence-corrected chi connectivity index (χ0v) is 15.1. The molecule has 2 atom stereocenters. The van der Waals surface area contributed by atoms with Gasteiger partial charge in [0.1, 0.15) is 6.33 Å². The first-order valence-corrected chi connectivity index (χ1v) is 8.93. The summed E-state index contributed by atoms with van der Waals surface area (Å²) < 4.78 is 79.0. The van der Waals surface area contributed by atoms with E-state index in [0.29, 0.717) is 24.0 Å². The first-order chi connectivity index (χ1) is 14.0. The quantitative estimate of drug-likeness (QED) is 0.577. The summed E-state index contributed by atoms with van der Waals surface area (Å²) in [6.07, 6.45) is -6.45. The van der Waals surface area contributed by atoms with Crippen LogP contribution in [0.4, 0.5) is 26.3 Å². The highest BCUT2D eigenvalue weighted by Gasteiger charge is 2.53. The molecular formula is C18H15F6N5O. The minimum atomic E-state index is -4.97. The summed E-state index contributed by atoms with van der Waals surface area (Å²) in [7, 11) is 0. The van der Waals surface area contributed by atoms with Gasteiger partial charge in [0.2, 0.25) is 5.91 Å². The molecule has 2 fully saturated rings. The van der Waals surface area contributed by atoms with Crippen LogP contribution >= 0.6 is 0 Å². The molecule has 6 nitrogen and oxygen atoms in total. The number of alkyl halides is 6. The Hall–Kier alpha value is -2.89. The van der Waals surface area contributed by atoms with Crippen LogP contribution in [0, 0.1) is 11.8 Å². The Morgan fingerprint density at radius 1 is 1.07 bits per heavy atom. The smallest absolute Gasteiger partial charge is 0.349 e. The fourth-order valence-corrected chi connectivity index (χ4v) is 3.55. The minimum absolute atomic E-state index is 0.0352. The highest BCUT2D eigenvalue weighted by molar-refractivity contribution is 5.90. The highest BCUT2D eigenvalue weighted by atomic mass is 19.4. The molecule has 160 valence electrons. The molecule has 1 aromatic carbocycles. The molecule has 2 aliphatic rings. The maximum Gasteiger partial charge on any atom is 0.416 e. The molecule has 2 aromatic rings. The Balaban J connectivity index is 1.51. The summed E-state index contributed by atoms with van der Waals surface area (Å²) >= 11 is 0. The number of piperidine rings is 1. The number of hydrogen-bond donors (Lipinski definition) is 2. The third-order valence-corrected chi connectivity index (χ3v) is 5.13. The number of fused-ring (bicyclic) bond motifs is 1. The molecule has 1 aromatic heterocycles. The molecule has 2 unspecified atom stereocenters. The first-order valence-electron chi connectivity index (χ1n) is 8.93. The minimum Gasteiger partial charge on any atom is -0.349 e. The van der Waals surface area contributed by atoms with Crippen molar-refractivity contribution in [2.75, 3.05) is 13.1 Å². The molecule has 0 spiro atoms. The highest BCUT2D eigenvalue weighted by Crippen LogP contribution is 2.41. The monoisotopic (exact) mass is 431 g/mol. The van der Waals surface area contributed by atoms with Crippen molar-refractivity contribution in [1.82, 2.24) is 25.4 Å². The van der Waals surface area contributed by atoms with Crippen LogP contribution in [0.3, 0.4) is 0 Å².